The molecule has 3 aromatic heterocycles. The Morgan fingerprint density at radius 2 is 1.85 bits per heavy atom. The van der Waals surface area contributed by atoms with Crippen molar-refractivity contribution in [2.75, 3.05) is 0 Å². The highest BCUT2D eigenvalue weighted by molar-refractivity contribution is 6.28. The van der Waals surface area contributed by atoms with E-state index in [1.165, 1.54) is 6.42 Å². The van der Waals surface area contributed by atoms with E-state index in [0.717, 1.165) is 43.6 Å². The maximum absolute atomic E-state index is 6.22. The van der Waals surface area contributed by atoms with Crippen LogP contribution in [-0.4, -0.2) is 29.9 Å². The van der Waals surface area contributed by atoms with Crippen LogP contribution in [0.1, 0.15) is 44.4 Å². The normalized spacial score (nSPS) is 34.3. The van der Waals surface area contributed by atoms with E-state index in [9.17, 15) is 0 Å². The highest BCUT2D eigenvalue weighted by Crippen LogP contribution is 2.64. The first-order valence-corrected chi connectivity index (χ1v) is 9.84. The molecule has 0 aromatic carbocycles. The van der Waals surface area contributed by atoms with Crippen molar-refractivity contribution in [2.24, 2.45) is 11.8 Å². The summed E-state index contributed by atoms with van der Waals surface area (Å²) in [6.45, 7) is 0. The number of nitrogens with zero attached hydrogens (tertiary/aromatic N) is 6. The van der Waals surface area contributed by atoms with Crippen molar-refractivity contribution in [3.05, 3.63) is 42.0 Å². The Balaban J connectivity index is 1.41. The monoisotopic (exact) mass is 382 g/mol. The van der Waals surface area contributed by atoms with Gasteiger partial charge in [-0.05, 0) is 74.1 Å². The van der Waals surface area contributed by atoms with Gasteiger partial charge in [0.15, 0.2) is 0 Å². The number of pyridine rings is 1. The van der Waals surface area contributed by atoms with Crippen LogP contribution in [0, 0.1) is 11.8 Å². The lowest BCUT2D eigenvalue weighted by Gasteiger charge is -2.60. The van der Waals surface area contributed by atoms with E-state index < -0.39 is 0 Å². The van der Waals surface area contributed by atoms with Crippen molar-refractivity contribution < 1.29 is 4.42 Å². The van der Waals surface area contributed by atoms with Gasteiger partial charge in [0.2, 0.25) is 17.1 Å². The Morgan fingerprint density at radius 3 is 2.56 bits per heavy atom. The zero-order valence-corrected chi connectivity index (χ0v) is 15.5. The van der Waals surface area contributed by atoms with E-state index >= 15 is 0 Å². The van der Waals surface area contributed by atoms with E-state index in [0.29, 0.717) is 23.0 Å². The van der Waals surface area contributed by atoms with Crippen LogP contribution in [0.5, 0.6) is 0 Å². The molecule has 0 spiro atoms. The number of aromatic nitrogens is 6. The van der Waals surface area contributed by atoms with E-state index in [2.05, 4.69) is 25.3 Å². The minimum Gasteiger partial charge on any atom is -0.420 e. The van der Waals surface area contributed by atoms with Gasteiger partial charge in [0.1, 0.15) is 6.33 Å². The molecule has 4 aliphatic carbocycles. The Kier molecular flexibility index (Phi) is 3.14. The van der Waals surface area contributed by atoms with Gasteiger partial charge in [-0.2, -0.15) is 0 Å². The lowest BCUT2D eigenvalue weighted by Crippen LogP contribution is -2.58. The predicted molar refractivity (Wildman–Crippen MR) is 96.9 cm³/mol. The summed E-state index contributed by atoms with van der Waals surface area (Å²) in [7, 11) is 0. The number of halogens is 1. The summed E-state index contributed by atoms with van der Waals surface area (Å²) in [5.41, 5.74) is 0.808. The molecule has 0 amide bonds. The smallest absolute Gasteiger partial charge is 0.247 e. The molecule has 7 rings (SSSR count). The molecule has 8 heteroatoms. The second-order valence-corrected chi connectivity index (χ2v) is 8.91. The van der Waals surface area contributed by atoms with E-state index in [4.69, 9.17) is 16.0 Å². The average Bonchev–Trinajstić information content (AvgIpc) is 3.31. The second-order valence-electron chi connectivity index (χ2n) is 8.57. The molecule has 0 radical (unpaired) electrons. The molecule has 0 N–H and O–H groups in total. The van der Waals surface area contributed by atoms with Gasteiger partial charge in [-0.15, -0.1) is 15.3 Å². The molecular formula is C19H19ClN6O. The minimum atomic E-state index is -0.0687. The molecule has 138 valence electrons. The molecular weight excluding hydrogens is 364 g/mol. The van der Waals surface area contributed by atoms with Gasteiger partial charge >= 0.3 is 0 Å². The molecule has 7 nitrogen and oxygen atoms in total. The molecule has 4 fully saturated rings. The fourth-order valence-electron chi connectivity index (χ4n) is 6.25. The van der Waals surface area contributed by atoms with E-state index in [-0.39, 0.29) is 11.0 Å². The van der Waals surface area contributed by atoms with Crippen LogP contribution in [0.3, 0.4) is 0 Å². The van der Waals surface area contributed by atoms with Gasteiger partial charge in [0.05, 0.1) is 11.0 Å². The van der Waals surface area contributed by atoms with Crippen molar-refractivity contribution in [3.8, 4) is 11.5 Å². The van der Waals surface area contributed by atoms with Gasteiger partial charge < -0.3 is 4.42 Å². The minimum absolute atomic E-state index is 0.0322. The summed E-state index contributed by atoms with van der Waals surface area (Å²) >= 11 is 6.03. The summed E-state index contributed by atoms with van der Waals surface area (Å²) in [4.78, 5) is 8.23. The quantitative estimate of drug-likeness (QED) is 0.688. The van der Waals surface area contributed by atoms with Gasteiger partial charge in [-0.25, -0.2) is 9.67 Å². The first-order valence-electron chi connectivity index (χ1n) is 9.46. The highest BCUT2D eigenvalue weighted by atomic mass is 35.5. The van der Waals surface area contributed by atoms with Gasteiger partial charge in [-0.3, -0.25) is 4.98 Å². The Bertz CT molecular complexity index is 985. The van der Waals surface area contributed by atoms with Crippen LogP contribution < -0.4 is 0 Å². The number of hydrogen-bond acceptors (Lipinski definition) is 6. The fourth-order valence-corrected chi connectivity index (χ4v) is 6.38. The molecule has 3 aromatic rings. The summed E-state index contributed by atoms with van der Waals surface area (Å²) in [6, 6.07) is 3.80. The summed E-state index contributed by atoms with van der Waals surface area (Å²) in [6.07, 6.45) is 12.0. The maximum Gasteiger partial charge on any atom is 0.247 e. The largest absolute Gasteiger partial charge is 0.420 e. The molecule has 3 heterocycles. The van der Waals surface area contributed by atoms with Crippen molar-refractivity contribution in [1.29, 1.82) is 0 Å². The average molecular weight is 383 g/mol. The van der Waals surface area contributed by atoms with Gasteiger partial charge in [0, 0.05) is 18.0 Å². The zero-order valence-electron chi connectivity index (χ0n) is 14.8. The van der Waals surface area contributed by atoms with E-state index in [1.807, 2.05) is 16.8 Å². The Hall–Kier alpha value is -2.28. The van der Waals surface area contributed by atoms with Gasteiger partial charge in [0.25, 0.3) is 0 Å². The zero-order chi connectivity index (χ0) is 18.1. The fraction of sp³-hybridized carbons (Fsp3) is 0.526. The number of hydrogen-bond donors (Lipinski definition) is 0. The van der Waals surface area contributed by atoms with Crippen LogP contribution >= 0.6 is 11.6 Å². The summed E-state index contributed by atoms with van der Waals surface area (Å²) < 4.78 is 8.23. The second kappa shape index (κ2) is 5.38. The molecule has 2 atom stereocenters. The lowest BCUT2D eigenvalue weighted by atomic mass is 9.47. The molecule has 0 saturated heterocycles. The summed E-state index contributed by atoms with van der Waals surface area (Å²) in [5, 5.41) is 13.6. The molecule has 0 unspecified atom stereocenters. The third-order valence-corrected chi connectivity index (χ3v) is 6.96. The van der Waals surface area contributed by atoms with Gasteiger partial charge in [-0.1, -0.05) is 0 Å². The number of rotatable bonds is 3. The Labute approximate surface area is 161 Å². The maximum atomic E-state index is 6.22. The van der Waals surface area contributed by atoms with Crippen molar-refractivity contribution in [2.45, 2.75) is 49.5 Å². The molecule has 4 bridgehead atoms. The first-order chi connectivity index (χ1) is 13.1. The van der Waals surface area contributed by atoms with Crippen LogP contribution in [0.4, 0.5) is 0 Å². The first kappa shape index (κ1) is 15.7. The molecule has 27 heavy (non-hydrogen) atoms. The third-order valence-electron chi connectivity index (χ3n) is 6.79. The molecule has 4 aliphatic rings. The van der Waals surface area contributed by atoms with E-state index in [1.54, 1.807) is 18.7 Å². The summed E-state index contributed by atoms with van der Waals surface area (Å²) in [5.74, 6) is 2.66. The highest BCUT2D eigenvalue weighted by Gasteiger charge is 2.61. The van der Waals surface area contributed by atoms with Crippen LogP contribution in [0.2, 0.25) is 5.28 Å². The predicted octanol–water partition coefficient (Wildman–Crippen LogP) is 3.62. The van der Waals surface area contributed by atoms with Crippen molar-refractivity contribution >= 4 is 11.6 Å². The van der Waals surface area contributed by atoms with Crippen molar-refractivity contribution in [1.82, 2.24) is 29.9 Å². The van der Waals surface area contributed by atoms with Crippen molar-refractivity contribution in [3.63, 3.8) is 0 Å². The standard InChI is InChI=1S/C19H19ClN6O/c20-17-22-11-26(25-17)19-8-12-5-13(9-19)7-18(6-12,10-19)16-24-23-15(27-16)14-1-3-21-4-2-14/h1-4,11-13H,5-10H2/t12-,13-,18?,19?/m1/s1. The Morgan fingerprint density at radius 1 is 1.07 bits per heavy atom. The van der Waals surface area contributed by atoms with Crippen LogP contribution in [-0.2, 0) is 11.0 Å². The lowest BCUT2D eigenvalue weighted by molar-refractivity contribution is -0.0772. The van der Waals surface area contributed by atoms with Crippen LogP contribution in [0.15, 0.2) is 35.3 Å². The molecule has 0 aliphatic heterocycles. The topological polar surface area (TPSA) is 82.5 Å². The third kappa shape index (κ3) is 2.30. The van der Waals surface area contributed by atoms with Crippen LogP contribution in [0.25, 0.3) is 11.5 Å². The SMILES string of the molecule is Clc1ncn(C23C[C@@H]4C[C@H](CC(c5nnc(-c6ccncc6)o5)(C4)C2)C3)n1. The molecule has 4 saturated carbocycles.